The van der Waals surface area contributed by atoms with Gasteiger partial charge in [0.15, 0.2) is 0 Å². The van der Waals surface area contributed by atoms with Crippen LogP contribution in [0.15, 0.2) is 30.5 Å². The summed E-state index contributed by atoms with van der Waals surface area (Å²) in [6, 6.07) is 7.63. The van der Waals surface area contributed by atoms with Crippen LogP contribution in [0.25, 0.3) is 10.9 Å². The first-order valence-electron chi connectivity index (χ1n) is 6.18. The normalized spacial score (nSPS) is 10.4. The fourth-order valence-electron chi connectivity index (χ4n) is 2.00. The van der Waals surface area contributed by atoms with Crippen LogP contribution in [-0.2, 0) is 4.79 Å². The van der Waals surface area contributed by atoms with E-state index >= 15 is 0 Å². The highest BCUT2D eigenvalue weighted by atomic mass is 16.1. The van der Waals surface area contributed by atoms with Gasteiger partial charge in [0.25, 0.3) is 0 Å². The van der Waals surface area contributed by atoms with Gasteiger partial charge in [-0.25, -0.2) is 0 Å². The topological polar surface area (TPSA) is 71.2 Å². The lowest BCUT2D eigenvalue weighted by atomic mass is 10.1. The van der Waals surface area contributed by atoms with Crippen LogP contribution in [0, 0.1) is 0 Å². The number of aromatic nitrogens is 1. The van der Waals surface area contributed by atoms with Crippen molar-refractivity contribution in [2.24, 2.45) is 0 Å². The number of anilines is 2. The molecule has 19 heavy (non-hydrogen) atoms. The van der Waals surface area contributed by atoms with Gasteiger partial charge in [0.05, 0.1) is 11.2 Å². The zero-order valence-electron chi connectivity index (χ0n) is 11.2. The Morgan fingerprint density at radius 2 is 2.21 bits per heavy atom. The minimum Gasteiger partial charge on any atom is -0.398 e. The molecule has 5 nitrogen and oxygen atoms in total. The predicted molar refractivity (Wildman–Crippen MR) is 78.1 cm³/mol. The summed E-state index contributed by atoms with van der Waals surface area (Å²) in [4.78, 5) is 17.7. The van der Waals surface area contributed by atoms with Gasteiger partial charge in [-0.1, -0.05) is 0 Å². The maximum Gasteiger partial charge on any atom is 0.221 e. The molecule has 5 heteroatoms. The Labute approximate surface area is 112 Å². The van der Waals surface area contributed by atoms with E-state index in [0.29, 0.717) is 18.7 Å². The molecular weight excluding hydrogens is 240 g/mol. The summed E-state index contributed by atoms with van der Waals surface area (Å²) in [6.07, 6.45) is 2.20. The van der Waals surface area contributed by atoms with E-state index in [0.717, 1.165) is 16.6 Å². The summed E-state index contributed by atoms with van der Waals surface area (Å²) in [7, 11) is 3.59. The smallest absolute Gasteiger partial charge is 0.221 e. The van der Waals surface area contributed by atoms with Crippen molar-refractivity contribution < 1.29 is 4.79 Å². The lowest BCUT2D eigenvalue weighted by molar-refractivity contribution is -0.120. The zero-order valence-corrected chi connectivity index (χ0v) is 11.2. The number of nitrogens with zero attached hydrogens (tertiary/aromatic N) is 2. The number of nitrogens with one attached hydrogen (secondary N) is 1. The van der Waals surface area contributed by atoms with E-state index in [4.69, 9.17) is 5.73 Å². The number of hydrogen-bond donors (Lipinski definition) is 2. The van der Waals surface area contributed by atoms with Gasteiger partial charge in [0, 0.05) is 44.3 Å². The number of fused-ring (bicyclic) bond motifs is 1. The molecule has 0 radical (unpaired) electrons. The van der Waals surface area contributed by atoms with E-state index in [-0.39, 0.29) is 5.91 Å². The van der Waals surface area contributed by atoms with Crippen molar-refractivity contribution in [2.45, 2.75) is 6.42 Å². The molecule has 100 valence electrons. The molecule has 0 aliphatic heterocycles. The van der Waals surface area contributed by atoms with Crippen LogP contribution in [0.3, 0.4) is 0 Å². The Morgan fingerprint density at radius 3 is 2.95 bits per heavy atom. The number of nitrogen functional groups attached to an aromatic ring is 1. The molecule has 2 aromatic rings. The number of amides is 1. The van der Waals surface area contributed by atoms with Crippen molar-refractivity contribution in [1.29, 1.82) is 0 Å². The molecular formula is C14H18N4O. The van der Waals surface area contributed by atoms with Crippen LogP contribution in [0.4, 0.5) is 11.4 Å². The summed E-state index contributed by atoms with van der Waals surface area (Å²) in [5, 5.41) is 3.55. The number of nitrogens with two attached hydrogens (primary N) is 1. The van der Waals surface area contributed by atoms with Gasteiger partial charge in [-0.05, 0) is 24.3 Å². The number of benzene rings is 1. The van der Waals surface area contributed by atoms with Crippen LogP contribution in [-0.4, -0.2) is 31.5 Å². The second kappa shape index (κ2) is 5.56. The number of carbonyl (C=O) groups is 1. The molecule has 0 unspecified atom stereocenters. The van der Waals surface area contributed by atoms with E-state index in [1.165, 1.54) is 0 Å². The molecule has 1 amide bonds. The van der Waals surface area contributed by atoms with Gasteiger partial charge in [-0.15, -0.1) is 0 Å². The molecule has 0 spiro atoms. The molecule has 1 heterocycles. The van der Waals surface area contributed by atoms with Crippen LogP contribution in [0.2, 0.25) is 0 Å². The molecule has 3 N–H and O–H groups in total. The Kier molecular flexibility index (Phi) is 3.85. The summed E-state index contributed by atoms with van der Waals surface area (Å²) in [5.41, 5.74) is 8.50. The zero-order chi connectivity index (χ0) is 13.8. The molecule has 0 saturated heterocycles. The second-order valence-electron chi connectivity index (χ2n) is 4.42. The monoisotopic (exact) mass is 258 g/mol. The first-order chi connectivity index (χ1) is 9.13. The van der Waals surface area contributed by atoms with Gasteiger partial charge in [0.2, 0.25) is 5.91 Å². The average molecular weight is 258 g/mol. The van der Waals surface area contributed by atoms with Crippen LogP contribution < -0.4 is 16.0 Å². The fourth-order valence-corrected chi connectivity index (χ4v) is 2.00. The van der Waals surface area contributed by atoms with E-state index in [9.17, 15) is 4.79 Å². The maximum atomic E-state index is 11.3. The molecule has 0 bridgehead atoms. The van der Waals surface area contributed by atoms with Gasteiger partial charge in [-0.3, -0.25) is 9.78 Å². The number of hydrogen-bond acceptors (Lipinski definition) is 4. The van der Waals surface area contributed by atoms with Crippen molar-refractivity contribution in [3.63, 3.8) is 0 Å². The number of rotatable bonds is 4. The third kappa shape index (κ3) is 2.76. The minimum atomic E-state index is 0.0274. The molecule has 0 aliphatic rings. The number of carbonyl (C=O) groups excluding carboxylic acids is 1. The summed E-state index contributed by atoms with van der Waals surface area (Å²) in [5.74, 6) is 0.0274. The first-order valence-corrected chi connectivity index (χ1v) is 6.18. The Bertz CT molecular complexity index is 597. The predicted octanol–water partition coefficient (Wildman–Crippen LogP) is 1.39. The van der Waals surface area contributed by atoms with E-state index in [2.05, 4.69) is 10.3 Å². The van der Waals surface area contributed by atoms with Gasteiger partial charge >= 0.3 is 0 Å². The van der Waals surface area contributed by atoms with Crippen LogP contribution >= 0.6 is 0 Å². The average Bonchev–Trinajstić information content (AvgIpc) is 2.45. The molecule has 0 atom stereocenters. The Hall–Kier alpha value is -2.30. The van der Waals surface area contributed by atoms with Crippen molar-refractivity contribution in [3.8, 4) is 0 Å². The minimum absolute atomic E-state index is 0.0274. The Morgan fingerprint density at radius 1 is 1.42 bits per heavy atom. The highest BCUT2D eigenvalue weighted by Gasteiger charge is 2.10. The van der Waals surface area contributed by atoms with Crippen molar-refractivity contribution in [2.75, 3.05) is 31.3 Å². The van der Waals surface area contributed by atoms with E-state index in [1.807, 2.05) is 36.2 Å². The van der Waals surface area contributed by atoms with Crippen molar-refractivity contribution in [3.05, 3.63) is 30.5 Å². The standard InChI is InChI=1S/C14H18N4O/c1-16-13(19)7-9-18(2)12-6-5-11(15)10-4-3-8-17-14(10)12/h3-6,8H,7,9,15H2,1-2H3,(H,16,19). The van der Waals surface area contributed by atoms with E-state index < -0.39 is 0 Å². The molecule has 0 fully saturated rings. The lowest BCUT2D eigenvalue weighted by Crippen LogP contribution is -2.26. The van der Waals surface area contributed by atoms with Crippen LogP contribution in [0.1, 0.15) is 6.42 Å². The molecule has 0 saturated carbocycles. The van der Waals surface area contributed by atoms with Crippen molar-refractivity contribution >= 4 is 28.2 Å². The maximum absolute atomic E-state index is 11.3. The molecule has 1 aromatic heterocycles. The SMILES string of the molecule is CNC(=O)CCN(C)c1ccc(N)c2cccnc12. The summed E-state index contributed by atoms with van der Waals surface area (Å²) >= 11 is 0. The summed E-state index contributed by atoms with van der Waals surface area (Å²) < 4.78 is 0. The molecule has 2 rings (SSSR count). The largest absolute Gasteiger partial charge is 0.398 e. The van der Waals surface area contributed by atoms with Crippen molar-refractivity contribution in [1.82, 2.24) is 10.3 Å². The van der Waals surface area contributed by atoms with E-state index in [1.54, 1.807) is 13.2 Å². The molecule has 0 aliphatic carbocycles. The Balaban J connectivity index is 2.29. The van der Waals surface area contributed by atoms with Gasteiger partial charge < -0.3 is 16.0 Å². The van der Waals surface area contributed by atoms with Gasteiger partial charge in [0.1, 0.15) is 0 Å². The fraction of sp³-hybridized carbons (Fsp3) is 0.286. The molecule has 1 aromatic carbocycles. The third-order valence-corrected chi connectivity index (χ3v) is 3.15. The van der Waals surface area contributed by atoms with Gasteiger partial charge in [-0.2, -0.15) is 0 Å². The highest BCUT2D eigenvalue weighted by Crippen LogP contribution is 2.28. The lowest BCUT2D eigenvalue weighted by Gasteiger charge is -2.20. The quantitative estimate of drug-likeness (QED) is 0.813. The third-order valence-electron chi connectivity index (χ3n) is 3.15. The van der Waals surface area contributed by atoms with Crippen LogP contribution in [0.5, 0.6) is 0 Å². The summed E-state index contributed by atoms with van der Waals surface area (Å²) in [6.45, 7) is 0.634. The number of pyridine rings is 1. The second-order valence-corrected chi connectivity index (χ2v) is 4.42. The first kappa shape index (κ1) is 13.1. The highest BCUT2D eigenvalue weighted by molar-refractivity contribution is 5.98.